The van der Waals surface area contributed by atoms with Gasteiger partial charge in [-0.3, -0.25) is 4.79 Å². The highest BCUT2D eigenvalue weighted by Crippen LogP contribution is 2.23. The van der Waals surface area contributed by atoms with E-state index in [0.29, 0.717) is 18.5 Å². The fraction of sp³-hybridized carbons (Fsp3) is 0.467. The average molecular weight is 290 g/mol. The van der Waals surface area contributed by atoms with Crippen molar-refractivity contribution in [3.05, 3.63) is 29.8 Å². The van der Waals surface area contributed by atoms with Crippen LogP contribution in [0.15, 0.2) is 18.2 Å². The fourth-order valence-electron chi connectivity index (χ4n) is 2.84. The van der Waals surface area contributed by atoms with Crippen LogP contribution in [-0.2, 0) is 11.2 Å². The Morgan fingerprint density at radius 3 is 2.95 bits per heavy atom. The molecule has 1 aromatic heterocycles. The van der Waals surface area contributed by atoms with Gasteiger partial charge in [-0.25, -0.2) is 9.37 Å². The molecule has 2 N–H and O–H groups in total. The van der Waals surface area contributed by atoms with Crippen molar-refractivity contribution in [3.63, 3.8) is 0 Å². The highest BCUT2D eigenvalue weighted by molar-refractivity contribution is 5.83. The Labute approximate surface area is 122 Å². The number of aromatic nitrogens is 2. The van der Waals surface area contributed by atoms with Gasteiger partial charge >= 0.3 is 0 Å². The van der Waals surface area contributed by atoms with Crippen LogP contribution in [0.2, 0.25) is 0 Å². The van der Waals surface area contributed by atoms with Crippen LogP contribution in [-0.4, -0.2) is 34.6 Å². The van der Waals surface area contributed by atoms with Crippen LogP contribution in [0.4, 0.5) is 4.39 Å². The third-order valence-electron chi connectivity index (χ3n) is 3.76. The maximum Gasteiger partial charge on any atom is 0.237 e. The summed E-state index contributed by atoms with van der Waals surface area (Å²) in [6.45, 7) is 5.53. The van der Waals surface area contributed by atoms with Gasteiger partial charge in [0.2, 0.25) is 5.91 Å². The van der Waals surface area contributed by atoms with Crippen molar-refractivity contribution in [2.24, 2.45) is 0 Å². The van der Waals surface area contributed by atoms with Crippen LogP contribution in [0.1, 0.15) is 25.7 Å². The summed E-state index contributed by atoms with van der Waals surface area (Å²) in [7, 11) is 0. The molecule has 0 radical (unpaired) electrons. The number of rotatable bonds is 3. The topological polar surface area (TPSA) is 59.0 Å². The predicted molar refractivity (Wildman–Crippen MR) is 78.6 cm³/mol. The lowest BCUT2D eigenvalue weighted by Gasteiger charge is -2.24. The third kappa shape index (κ3) is 2.63. The number of imidazole rings is 1. The minimum atomic E-state index is -0.295. The molecule has 1 aliphatic heterocycles. The molecule has 1 aliphatic rings. The lowest BCUT2D eigenvalue weighted by Crippen LogP contribution is -2.54. The number of piperazine rings is 1. The van der Waals surface area contributed by atoms with Crippen LogP contribution >= 0.6 is 0 Å². The van der Waals surface area contributed by atoms with Crippen molar-refractivity contribution in [1.82, 2.24) is 20.2 Å². The molecule has 1 aromatic carbocycles. The van der Waals surface area contributed by atoms with Gasteiger partial charge in [-0.1, -0.05) is 0 Å². The first-order valence-corrected chi connectivity index (χ1v) is 7.23. The number of benzene rings is 1. The zero-order chi connectivity index (χ0) is 15.0. The first-order valence-electron chi connectivity index (χ1n) is 7.23. The Hall–Kier alpha value is -1.95. The van der Waals surface area contributed by atoms with E-state index in [1.54, 1.807) is 6.07 Å². The van der Waals surface area contributed by atoms with Gasteiger partial charge in [0.15, 0.2) is 0 Å². The number of halogens is 1. The molecule has 0 saturated carbocycles. The summed E-state index contributed by atoms with van der Waals surface area (Å²) in [6, 6.07) is 4.54. The smallest absolute Gasteiger partial charge is 0.237 e. The summed E-state index contributed by atoms with van der Waals surface area (Å²) in [6.07, 6.45) is 0.500. The molecule has 2 heterocycles. The molecule has 1 amide bonds. The van der Waals surface area contributed by atoms with Crippen molar-refractivity contribution in [2.45, 2.75) is 32.4 Å². The number of carbonyl (C=O) groups excluding carboxylic acids is 1. The molecule has 0 spiro atoms. The van der Waals surface area contributed by atoms with Gasteiger partial charge in [-0.05, 0) is 26.0 Å². The Morgan fingerprint density at radius 2 is 2.24 bits per heavy atom. The van der Waals surface area contributed by atoms with E-state index in [0.717, 1.165) is 17.9 Å². The number of carbonyl (C=O) groups is 1. The maximum absolute atomic E-state index is 13.4. The summed E-state index contributed by atoms with van der Waals surface area (Å²) in [5.74, 6) is 0.505. The zero-order valence-electron chi connectivity index (χ0n) is 12.2. The summed E-state index contributed by atoms with van der Waals surface area (Å²) >= 11 is 0. The van der Waals surface area contributed by atoms with Gasteiger partial charge in [0, 0.05) is 31.6 Å². The molecule has 112 valence electrons. The van der Waals surface area contributed by atoms with E-state index in [9.17, 15) is 9.18 Å². The summed E-state index contributed by atoms with van der Waals surface area (Å²) in [4.78, 5) is 16.4. The molecule has 5 nitrogen and oxygen atoms in total. The normalized spacial score (nSPS) is 19.2. The quantitative estimate of drug-likeness (QED) is 0.898. The summed E-state index contributed by atoms with van der Waals surface area (Å²) in [5, 5.41) is 6.05. The fourth-order valence-corrected chi connectivity index (χ4v) is 2.84. The molecular weight excluding hydrogens is 271 g/mol. The van der Waals surface area contributed by atoms with E-state index < -0.39 is 0 Å². The number of fused-ring (bicyclic) bond motifs is 1. The van der Waals surface area contributed by atoms with Gasteiger partial charge < -0.3 is 15.2 Å². The van der Waals surface area contributed by atoms with Gasteiger partial charge in [0.25, 0.3) is 0 Å². The van der Waals surface area contributed by atoms with Crippen LogP contribution in [0.25, 0.3) is 11.0 Å². The van der Waals surface area contributed by atoms with Gasteiger partial charge in [-0.2, -0.15) is 0 Å². The highest BCUT2D eigenvalue weighted by atomic mass is 19.1. The van der Waals surface area contributed by atoms with E-state index in [-0.39, 0.29) is 23.8 Å². The zero-order valence-corrected chi connectivity index (χ0v) is 12.2. The first-order chi connectivity index (χ1) is 10.1. The van der Waals surface area contributed by atoms with E-state index >= 15 is 0 Å². The standard InChI is InChI=1S/C15H19FN4O/c1-9(2)20-13-4-3-10(16)7-11(13)19-14(20)8-12-15(21)18-6-5-17-12/h3-4,7,9,12,17H,5-6,8H2,1-2H3,(H,18,21). The average Bonchev–Trinajstić information content (AvgIpc) is 2.78. The summed E-state index contributed by atoms with van der Waals surface area (Å²) < 4.78 is 15.4. The van der Waals surface area contributed by atoms with Gasteiger partial charge in [0.05, 0.1) is 17.1 Å². The Balaban J connectivity index is 2.00. The third-order valence-corrected chi connectivity index (χ3v) is 3.76. The second kappa shape index (κ2) is 5.44. The van der Waals surface area contributed by atoms with Crippen LogP contribution in [0.5, 0.6) is 0 Å². The molecule has 1 fully saturated rings. The van der Waals surface area contributed by atoms with Gasteiger partial charge in [0.1, 0.15) is 11.6 Å². The lowest BCUT2D eigenvalue weighted by molar-refractivity contribution is -0.124. The molecule has 1 saturated heterocycles. The number of hydrogen-bond donors (Lipinski definition) is 2. The minimum Gasteiger partial charge on any atom is -0.353 e. The first kappa shape index (κ1) is 14.0. The van der Waals surface area contributed by atoms with Crippen LogP contribution in [0.3, 0.4) is 0 Å². The van der Waals surface area contributed by atoms with Crippen molar-refractivity contribution in [1.29, 1.82) is 0 Å². The Morgan fingerprint density at radius 1 is 1.43 bits per heavy atom. The molecule has 3 rings (SSSR count). The van der Waals surface area contributed by atoms with Crippen LogP contribution in [0, 0.1) is 5.82 Å². The van der Waals surface area contributed by atoms with Crippen molar-refractivity contribution in [2.75, 3.05) is 13.1 Å². The number of nitrogens with one attached hydrogen (secondary N) is 2. The van der Waals surface area contributed by atoms with Crippen molar-refractivity contribution < 1.29 is 9.18 Å². The number of nitrogens with zero attached hydrogens (tertiary/aromatic N) is 2. The lowest BCUT2D eigenvalue weighted by atomic mass is 10.1. The second-order valence-electron chi connectivity index (χ2n) is 5.63. The molecule has 1 atom stereocenters. The van der Waals surface area contributed by atoms with E-state index in [1.165, 1.54) is 12.1 Å². The molecule has 0 aliphatic carbocycles. The highest BCUT2D eigenvalue weighted by Gasteiger charge is 2.25. The minimum absolute atomic E-state index is 0.00482. The molecule has 6 heteroatoms. The number of amides is 1. The van der Waals surface area contributed by atoms with Crippen molar-refractivity contribution >= 4 is 16.9 Å². The van der Waals surface area contributed by atoms with E-state index in [1.807, 2.05) is 0 Å². The molecular formula is C15H19FN4O. The SMILES string of the molecule is CC(C)n1c(CC2NCCNC2=O)nc2cc(F)ccc21. The van der Waals surface area contributed by atoms with Crippen LogP contribution < -0.4 is 10.6 Å². The predicted octanol–water partition coefficient (Wildman–Crippen LogP) is 1.39. The second-order valence-corrected chi connectivity index (χ2v) is 5.63. The van der Waals surface area contributed by atoms with Gasteiger partial charge in [-0.15, -0.1) is 0 Å². The monoisotopic (exact) mass is 290 g/mol. The molecule has 0 bridgehead atoms. The Kier molecular flexibility index (Phi) is 3.63. The van der Waals surface area contributed by atoms with E-state index in [4.69, 9.17) is 0 Å². The summed E-state index contributed by atoms with van der Waals surface area (Å²) in [5.41, 5.74) is 1.53. The Bertz CT molecular complexity index is 680. The van der Waals surface area contributed by atoms with Crippen molar-refractivity contribution in [3.8, 4) is 0 Å². The largest absolute Gasteiger partial charge is 0.353 e. The van der Waals surface area contributed by atoms with E-state index in [2.05, 4.69) is 34.0 Å². The maximum atomic E-state index is 13.4. The number of hydrogen-bond acceptors (Lipinski definition) is 3. The molecule has 2 aromatic rings. The molecule has 1 unspecified atom stereocenters. The molecule has 21 heavy (non-hydrogen) atoms.